The maximum atomic E-state index is 12.3. The number of carbonyl (C=O) groups is 2. The number of hydrazone groups is 1. The predicted molar refractivity (Wildman–Crippen MR) is 130 cm³/mol. The number of nitrogens with one attached hydrogen (secondary N) is 1. The second kappa shape index (κ2) is 11.3. The van der Waals surface area contributed by atoms with Gasteiger partial charge in [0.1, 0.15) is 17.9 Å². The first-order valence-corrected chi connectivity index (χ1v) is 12.5. The number of rotatable bonds is 9. The van der Waals surface area contributed by atoms with Gasteiger partial charge in [-0.25, -0.2) is 18.6 Å². The molecule has 2 aromatic carbocycles. The fourth-order valence-electron chi connectivity index (χ4n) is 2.54. The van der Waals surface area contributed by atoms with Crippen LogP contribution in [0.4, 0.5) is 5.69 Å². The van der Waals surface area contributed by atoms with Crippen LogP contribution in [0.1, 0.15) is 26.3 Å². The van der Waals surface area contributed by atoms with Crippen molar-refractivity contribution in [3.63, 3.8) is 0 Å². The van der Waals surface area contributed by atoms with E-state index in [4.69, 9.17) is 9.47 Å². The average molecular weight is 540 g/mol. The summed E-state index contributed by atoms with van der Waals surface area (Å²) >= 11 is 3.30. The number of hydrogen-bond acceptors (Lipinski definition) is 7. The molecule has 1 N–H and O–H groups in total. The van der Waals surface area contributed by atoms with E-state index in [-0.39, 0.29) is 6.61 Å². The third kappa shape index (κ3) is 9.22. The second-order valence-electron chi connectivity index (χ2n) is 7.96. The zero-order valence-corrected chi connectivity index (χ0v) is 21.1. The van der Waals surface area contributed by atoms with Crippen LogP contribution < -0.4 is 14.5 Å². The van der Waals surface area contributed by atoms with Crippen molar-refractivity contribution in [2.24, 2.45) is 5.10 Å². The third-order valence-corrected chi connectivity index (χ3v) is 5.67. The lowest BCUT2D eigenvalue weighted by Crippen LogP contribution is -2.39. The highest BCUT2D eigenvalue weighted by molar-refractivity contribution is 9.10. The van der Waals surface area contributed by atoms with Crippen LogP contribution in [-0.4, -0.2) is 51.5 Å². The normalized spacial score (nSPS) is 11.8. The first kappa shape index (κ1) is 26.3. The third-order valence-electron chi connectivity index (χ3n) is 3.87. The number of ether oxygens (including phenoxy) is 2. The Bertz CT molecular complexity index is 1110. The molecule has 33 heavy (non-hydrogen) atoms. The monoisotopic (exact) mass is 539 g/mol. The van der Waals surface area contributed by atoms with E-state index in [1.165, 1.54) is 6.21 Å². The van der Waals surface area contributed by atoms with E-state index in [2.05, 4.69) is 26.5 Å². The van der Waals surface area contributed by atoms with Gasteiger partial charge in [-0.3, -0.25) is 9.10 Å². The van der Waals surface area contributed by atoms with Crippen molar-refractivity contribution >= 4 is 49.7 Å². The van der Waals surface area contributed by atoms with E-state index in [9.17, 15) is 18.0 Å². The van der Waals surface area contributed by atoms with Crippen LogP contribution >= 0.6 is 15.9 Å². The maximum Gasteiger partial charge on any atom is 0.344 e. The van der Waals surface area contributed by atoms with Crippen molar-refractivity contribution in [1.82, 2.24) is 5.43 Å². The molecule has 0 fully saturated rings. The van der Waals surface area contributed by atoms with Gasteiger partial charge in [0.15, 0.2) is 6.61 Å². The molecule has 0 aliphatic rings. The van der Waals surface area contributed by atoms with E-state index in [0.717, 1.165) is 10.6 Å². The lowest BCUT2D eigenvalue weighted by molar-refractivity contribution is -0.157. The smallest absolute Gasteiger partial charge is 0.344 e. The Labute approximate surface area is 201 Å². The van der Waals surface area contributed by atoms with Crippen LogP contribution in [0.2, 0.25) is 0 Å². The molecule has 0 heterocycles. The molecule has 0 aromatic heterocycles. The predicted octanol–water partition coefficient (Wildman–Crippen LogP) is 3.09. The zero-order valence-electron chi connectivity index (χ0n) is 18.7. The molecule has 0 saturated carbocycles. The molecule has 11 heteroatoms. The molecule has 178 valence electrons. The molecule has 0 aliphatic heterocycles. The number of nitrogens with zero attached hydrogens (tertiary/aromatic N) is 2. The Morgan fingerprint density at radius 2 is 1.76 bits per heavy atom. The molecular formula is C22H26BrN3O6S. The molecule has 0 atom stereocenters. The average Bonchev–Trinajstić information content (AvgIpc) is 2.70. The van der Waals surface area contributed by atoms with Gasteiger partial charge in [0, 0.05) is 4.47 Å². The highest BCUT2D eigenvalue weighted by Gasteiger charge is 2.22. The molecule has 0 bridgehead atoms. The highest BCUT2D eigenvalue weighted by atomic mass is 79.9. The molecule has 2 rings (SSSR count). The lowest BCUT2D eigenvalue weighted by Gasteiger charge is -2.22. The van der Waals surface area contributed by atoms with Gasteiger partial charge in [0.25, 0.3) is 5.91 Å². The van der Waals surface area contributed by atoms with Crippen molar-refractivity contribution in [3.05, 3.63) is 58.6 Å². The number of sulfonamides is 1. The minimum absolute atomic E-state index is 0.213. The van der Waals surface area contributed by atoms with Gasteiger partial charge in [-0.05, 0) is 78.7 Å². The summed E-state index contributed by atoms with van der Waals surface area (Å²) < 4.78 is 36.4. The van der Waals surface area contributed by atoms with Gasteiger partial charge < -0.3 is 9.47 Å². The lowest BCUT2D eigenvalue weighted by atomic mass is 10.2. The van der Waals surface area contributed by atoms with Crippen molar-refractivity contribution < 1.29 is 27.5 Å². The molecule has 2 aromatic rings. The number of anilines is 1. The van der Waals surface area contributed by atoms with E-state index < -0.39 is 34.0 Å². The van der Waals surface area contributed by atoms with Gasteiger partial charge in [0.2, 0.25) is 10.0 Å². The quantitative estimate of drug-likeness (QED) is 0.297. The largest absolute Gasteiger partial charge is 0.482 e. The summed E-state index contributed by atoms with van der Waals surface area (Å²) in [5.41, 5.74) is 2.74. The fourth-order valence-corrected chi connectivity index (χ4v) is 4.03. The minimum atomic E-state index is -3.70. The topological polar surface area (TPSA) is 114 Å². The molecular weight excluding hydrogens is 514 g/mol. The van der Waals surface area contributed by atoms with Gasteiger partial charge in [-0.1, -0.05) is 12.1 Å². The molecule has 1 amide bonds. The number of halogens is 1. The van der Waals surface area contributed by atoms with Crippen LogP contribution in [0.5, 0.6) is 5.75 Å². The fraction of sp³-hybridized carbons (Fsp3) is 0.318. The number of hydrogen-bond donors (Lipinski definition) is 1. The van der Waals surface area contributed by atoms with E-state index >= 15 is 0 Å². The van der Waals surface area contributed by atoms with Gasteiger partial charge in [-0.2, -0.15) is 5.10 Å². The van der Waals surface area contributed by atoms with Crippen LogP contribution in [0.25, 0.3) is 0 Å². The zero-order chi connectivity index (χ0) is 24.6. The first-order valence-electron chi connectivity index (χ1n) is 9.84. The Morgan fingerprint density at radius 3 is 2.33 bits per heavy atom. The number of para-hydroxylation sites is 1. The summed E-state index contributed by atoms with van der Waals surface area (Å²) in [6.45, 7) is 4.68. The second-order valence-corrected chi connectivity index (χ2v) is 10.7. The van der Waals surface area contributed by atoms with Crippen LogP contribution in [0.15, 0.2) is 58.1 Å². The van der Waals surface area contributed by atoms with Gasteiger partial charge in [-0.15, -0.1) is 0 Å². The Hall–Kier alpha value is -2.92. The number of esters is 1. The van der Waals surface area contributed by atoms with Crippen molar-refractivity contribution in [2.75, 3.05) is 23.7 Å². The summed E-state index contributed by atoms with van der Waals surface area (Å²) in [7, 11) is -3.70. The number of amides is 1. The minimum Gasteiger partial charge on any atom is -0.482 e. The Balaban J connectivity index is 1.91. The van der Waals surface area contributed by atoms with Crippen molar-refractivity contribution in [2.45, 2.75) is 26.4 Å². The molecule has 9 nitrogen and oxygen atoms in total. The number of carbonyl (C=O) groups excluding carboxylic acids is 2. The molecule has 0 aliphatic carbocycles. The van der Waals surface area contributed by atoms with Crippen molar-refractivity contribution in [1.29, 1.82) is 0 Å². The Morgan fingerprint density at radius 1 is 1.12 bits per heavy atom. The van der Waals surface area contributed by atoms with E-state index in [0.29, 0.717) is 21.5 Å². The maximum absolute atomic E-state index is 12.3. The van der Waals surface area contributed by atoms with E-state index in [1.54, 1.807) is 69.3 Å². The molecule has 0 saturated heterocycles. The van der Waals surface area contributed by atoms with Crippen LogP contribution in [0.3, 0.4) is 0 Å². The summed E-state index contributed by atoms with van der Waals surface area (Å²) in [4.78, 5) is 24.0. The van der Waals surface area contributed by atoms with Gasteiger partial charge in [0.05, 0.1) is 18.2 Å². The molecule has 0 spiro atoms. The molecule has 0 radical (unpaired) electrons. The summed E-state index contributed by atoms with van der Waals surface area (Å²) in [5, 5.41) is 3.86. The molecule has 0 unspecified atom stereocenters. The van der Waals surface area contributed by atoms with Gasteiger partial charge >= 0.3 is 5.97 Å². The van der Waals surface area contributed by atoms with E-state index in [1.807, 2.05) is 0 Å². The standard InChI is InChI=1S/C22H26BrN3O6S/c1-22(2,3)32-21(28)15-31-17-11-9-16(10-12-17)13-24-25-20(27)14-26(33(4,29)30)19-8-6-5-7-18(19)23/h5-13H,14-15H2,1-4H3,(H,25,27)/b24-13+. The SMILES string of the molecule is CC(C)(C)OC(=O)COc1ccc(/C=N/NC(=O)CN(c2ccccc2Br)S(C)(=O)=O)cc1. The van der Waals surface area contributed by atoms with Crippen LogP contribution in [-0.2, 0) is 24.3 Å². The highest BCUT2D eigenvalue weighted by Crippen LogP contribution is 2.27. The number of benzene rings is 2. The van der Waals surface area contributed by atoms with Crippen LogP contribution in [0, 0.1) is 0 Å². The summed E-state index contributed by atoms with van der Waals surface area (Å²) in [6.07, 6.45) is 2.42. The van der Waals surface area contributed by atoms with Crippen molar-refractivity contribution in [3.8, 4) is 5.75 Å². The summed E-state index contributed by atoms with van der Waals surface area (Å²) in [6, 6.07) is 13.4. The Kier molecular flexibility index (Phi) is 9.00. The first-order chi connectivity index (χ1) is 15.3. The summed E-state index contributed by atoms with van der Waals surface area (Å²) in [5.74, 6) is -0.606.